The lowest BCUT2D eigenvalue weighted by Crippen LogP contribution is -2.25. The molecule has 0 heterocycles. The lowest BCUT2D eigenvalue weighted by Gasteiger charge is -2.03. The lowest BCUT2D eigenvalue weighted by molar-refractivity contribution is -0.121. The van der Waals surface area contributed by atoms with Crippen molar-refractivity contribution in [1.82, 2.24) is 5.32 Å². The Hall–Kier alpha value is -0.830. The first kappa shape index (κ1) is 18.5. The summed E-state index contributed by atoms with van der Waals surface area (Å²) in [6.07, 6.45) is 17.2. The Morgan fingerprint density at radius 3 is 2.00 bits per heavy atom. The van der Waals surface area contributed by atoms with Crippen molar-refractivity contribution < 1.29 is 12.6 Å². The molecule has 2 N–H and O–H groups in total. The van der Waals surface area contributed by atoms with Crippen LogP contribution in [-0.2, 0) is 4.79 Å². The number of rotatable bonds is 17. The van der Waals surface area contributed by atoms with Gasteiger partial charge in [0.15, 0.2) is 0 Å². The van der Waals surface area contributed by atoms with E-state index < -0.39 is 12.3 Å². The monoisotopic (exact) mass is 327 g/mol. The van der Waals surface area contributed by atoms with Crippen LogP contribution in [0, 0.1) is 0 Å². The summed E-state index contributed by atoms with van der Waals surface area (Å²) in [7, 11) is 0. The predicted octanol–water partition coefficient (Wildman–Crippen LogP) is 5.13. The van der Waals surface area contributed by atoms with Gasteiger partial charge in [-0.1, -0.05) is 70.4 Å². The molecule has 0 aromatic rings. The normalized spacial score (nSPS) is 13.1. The lowest BCUT2D eigenvalue weighted by atomic mass is 10.1. The van der Waals surface area contributed by atoms with Gasteiger partial charge in [-0.05, 0) is 32.1 Å². The van der Waals surface area contributed by atoms with E-state index in [1.54, 1.807) is 0 Å². The van der Waals surface area contributed by atoms with Crippen molar-refractivity contribution in [1.29, 1.82) is 0 Å². The summed E-state index contributed by atoms with van der Waals surface area (Å²) in [5.41, 5.74) is 0. The van der Waals surface area contributed by atoms with Gasteiger partial charge in [-0.2, -0.15) is 0 Å². The molecule has 0 aliphatic carbocycles. The average Bonchev–Trinajstić information content (AvgIpc) is 2.59. The predicted molar refractivity (Wildman–Crippen MR) is 99.5 cm³/mol. The van der Waals surface area contributed by atoms with Crippen LogP contribution in [0.2, 0.25) is 0 Å². The molecule has 0 aromatic heterocycles. The Morgan fingerprint density at radius 2 is 1.43 bits per heavy atom. The first-order chi connectivity index (χ1) is 12.0. The van der Waals surface area contributed by atoms with Crippen LogP contribution in [0.3, 0.4) is 0 Å². The molecule has 0 bridgehead atoms. The summed E-state index contributed by atoms with van der Waals surface area (Å²) in [6.45, 7) is 2.20. The van der Waals surface area contributed by atoms with Crippen molar-refractivity contribution in [2.24, 2.45) is 0 Å². The third-order valence-electron chi connectivity index (χ3n) is 3.87. The largest absolute Gasteiger partial charge is 0.395 e. The highest BCUT2D eigenvalue weighted by Crippen LogP contribution is 2.09. The maximum absolute atomic E-state index is 11.6. The van der Waals surface area contributed by atoms with Crippen molar-refractivity contribution in [2.75, 3.05) is 13.2 Å². The molecule has 0 unspecified atom stereocenters. The molecular formula is C20H39NO2. The van der Waals surface area contributed by atoms with E-state index in [0.29, 0.717) is 0 Å². The molecule has 0 aliphatic heterocycles. The molecule has 3 heteroatoms. The molecular weight excluding hydrogens is 286 g/mol. The van der Waals surface area contributed by atoms with E-state index in [-0.39, 0.29) is 19.6 Å². The summed E-state index contributed by atoms with van der Waals surface area (Å²) in [6, 6.07) is 0. The number of carbonyl (C=O) groups is 1. The van der Waals surface area contributed by atoms with Crippen LogP contribution in [0.25, 0.3) is 0 Å². The molecule has 0 rings (SSSR count). The third-order valence-corrected chi connectivity index (χ3v) is 3.87. The molecule has 3 nitrogen and oxygen atoms in total. The Labute approximate surface area is 146 Å². The minimum Gasteiger partial charge on any atom is -0.395 e. The minimum atomic E-state index is -1.83. The van der Waals surface area contributed by atoms with E-state index in [1.807, 2.05) is 0 Å². The van der Waals surface area contributed by atoms with E-state index in [0.717, 1.165) is 32.1 Å². The number of carbonyl (C=O) groups excluding carboxylic acids is 1. The van der Waals surface area contributed by atoms with Crippen molar-refractivity contribution >= 4 is 5.91 Å². The molecule has 0 aromatic carbocycles. The fourth-order valence-electron chi connectivity index (χ4n) is 2.45. The number of allylic oxidation sites excluding steroid dienone is 2. The summed E-state index contributed by atoms with van der Waals surface area (Å²) >= 11 is 0. The molecule has 0 atom stereocenters. The van der Waals surface area contributed by atoms with E-state index in [9.17, 15) is 4.79 Å². The Kier molecular flexibility index (Phi) is 15.5. The van der Waals surface area contributed by atoms with Crippen LogP contribution in [-0.4, -0.2) is 24.2 Å². The van der Waals surface area contributed by atoms with E-state index >= 15 is 0 Å². The number of amides is 1. The van der Waals surface area contributed by atoms with Gasteiger partial charge in [-0.15, -0.1) is 0 Å². The Morgan fingerprint density at radius 1 is 0.913 bits per heavy atom. The fraction of sp³-hybridized carbons (Fsp3) is 0.850. The molecule has 0 aliphatic rings. The second-order valence-electron chi connectivity index (χ2n) is 6.14. The van der Waals surface area contributed by atoms with Crippen molar-refractivity contribution in [3.8, 4) is 0 Å². The Bertz CT molecular complexity index is 347. The highest BCUT2D eigenvalue weighted by atomic mass is 16.3. The van der Waals surface area contributed by atoms with Crippen LogP contribution < -0.4 is 5.32 Å². The van der Waals surface area contributed by atoms with Gasteiger partial charge < -0.3 is 10.4 Å². The quantitative estimate of drug-likeness (QED) is 0.287. The molecule has 0 spiro atoms. The summed E-state index contributed by atoms with van der Waals surface area (Å²) in [4.78, 5) is 11.6. The molecule has 0 fully saturated rings. The average molecular weight is 328 g/mol. The number of nitrogens with one attached hydrogen (secondary N) is 1. The number of hydrogen-bond acceptors (Lipinski definition) is 2. The highest BCUT2D eigenvalue weighted by molar-refractivity contribution is 5.75. The fourth-order valence-corrected chi connectivity index (χ4v) is 2.45. The first-order valence-electron chi connectivity index (χ1n) is 10.6. The zero-order valence-corrected chi connectivity index (χ0v) is 15.1. The third kappa shape index (κ3) is 19.1. The molecule has 0 saturated carbocycles. The van der Waals surface area contributed by atoms with E-state index in [2.05, 4.69) is 24.4 Å². The SMILES string of the molecule is [2H]C([2H])(CCCCCC/C=C\CCCCCCCC)C(=O)NCCO. The molecule has 136 valence electrons. The number of hydrogen-bond donors (Lipinski definition) is 2. The van der Waals surface area contributed by atoms with Crippen LogP contribution in [0.1, 0.15) is 99.5 Å². The molecule has 23 heavy (non-hydrogen) atoms. The summed E-state index contributed by atoms with van der Waals surface area (Å²) < 4.78 is 15.5. The Balaban J connectivity index is 3.45. The van der Waals surface area contributed by atoms with Gasteiger partial charge in [0.25, 0.3) is 0 Å². The van der Waals surface area contributed by atoms with Gasteiger partial charge in [0.2, 0.25) is 5.91 Å². The molecule has 1 amide bonds. The first-order valence-corrected chi connectivity index (χ1v) is 9.58. The van der Waals surface area contributed by atoms with Gasteiger partial charge in [0, 0.05) is 15.7 Å². The summed E-state index contributed by atoms with van der Waals surface area (Å²) in [5, 5.41) is 11.0. The summed E-state index contributed by atoms with van der Waals surface area (Å²) in [5.74, 6) is -0.612. The maximum Gasteiger partial charge on any atom is 0.220 e. The topological polar surface area (TPSA) is 49.3 Å². The van der Waals surface area contributed by atoms with Gasteiger partial charge in [-0.3, -0.25) is 4.79 Å². The van der Waals surface area contributed by atoms with Gasteiger partial charge >= 0.3 is 0 Å². The number of aliphatic hydroxyl groups excluding tert-OH is 1. The minimum absolute atomic E-state index is 0.115. The zero-order chi connectivity index (χ0) is 18.8. The van der Waals surface area contributed by atoms with Crippen LogP contribution in [0.15, 0.2) is 12.2 Å². The second-order valence-corrected chi connectivity index (χ2v) is 6.14. The maximum atomic E-state index is 11.6. The molecule has 0 radical (unpaired) electrons. The molecule has 0 saturated heterocycles. The van der Waals surface area contributed by atoms with Crippen molar-refractivity contribution in [3.63, 3.8) is 0 Å². The van der Waals surface area contributed by atoms with Crippen molar-refractivity contribution in [2.45, 2.75) is 96.8 Å². The van der Waals surface area contributed by atoms with Gasteiger partial charge in [-0.25, -0.2) is 0 Å². The van der Waals surface area contributed by atoms with E-state index in [4.69, 9.17) is 7.85 Å². The number of unbranched alkanes of at least 4 members (excludes halogenated alkanes) is 10. The number of aliphatic hydroxyl groups is 1. The van der Waals surface area contributed by atoms with Gasteiger partial charge in [0.05, 0.1) is 6.61 Å². The van der Waals surface area contributed by atoms with Gasteiger partial charge in [0.1, 0.15) is 0 Å². The standard InChI is InChI=1S/C20H39NO2/c1-2-3-4-5-6-7-8-9-10-11-12-13-14-15-16-17-20(23)21-18-19-22/h9-10,22H,2-8,11-19H2,1H3,(H,21,23)/b10-9-/i17D2. The van der Waals surface area contributed by atoms with Crippen molar-refractivity contribution in [3.05, 3.63) is 12.2 Å². The van der Waals surface area contributed by atoms with Crippen LogP contribution >= 0.6 is 0 Å². The smallest absolute Gasteiger partial charge is 0.220 e. The second kappa shape index (κ2) is 19.2. The zero-order valence-electron chi connectivity index (χ0n) is 17.1. The van der Waals surface area contributed by atoms with Crippen LogP contribution in [0.5, 0.6) is 0 Å². The van der Waals surface area contributed by atoms with E-state index in [1.165, 1.54) is 44.9 Å². The van der Waals surface area contributed by atoms with Crippen LogP contribution in [0.4, 0.5) is 0 Å². The highest BCUT2D eigenvalue weighted by Gasteiger charge is 1.99.